The first kappa shape index (κ1) is 20.3. The lowest BCUT2D eigenvalue weighted by Crippen LogP contribution is -2.48. The Morgan fingerprint density at radius 1 is 1.11 bits per heavy atom. The number of hydrogen-bond donors (Lipinski definition) is 2. The van der Waals surface area contributed by atoms with E-state index in [1.165, 1.54) is 27.2 Å². The van der Waals surface area contributed by atoms with Gasteiger partial charge >= 0.3 is 5.97 Å². The van der Waals surface area contributed by atoms with Gasteiger partial charge in [0.1, 0.15) is 18.1 Å². The van der Waals surface area contributed by atoms with Gasteiger partial charge in [0.05, 0.1) is 25.9 Å². The lowest BCUT2D eigenvalue weighted by Gasteiger charge is -2.20. The van der Waals surface area contributed by atoms with Crippen molar-refractivity contribution in [1.29, 1.82) is 0 Å². The van der Waals surface area contributed by atoms with Crippen LogP contribution in [-0.2, 0) is 16.1 Å². The van der Waals surface area contributed by atoms with E-state index in [2.05, 4.69) is 10.1 Å². The average Bonchev–Trinajstić information content (AvgIpc) is 2.70. The average molecular weight is 373 g/mol. The first-order chi connectivity index (χ1) is 13.0. The third-order valence-corrected chi connectivity index (χ3v) is 3.89. The molecule has 0 bridgehead atoms. The summed E-state index contributed by atoms with van der Waals surface area (Å²) in [4.78, 5) is 24.5. The molecule has 0 fully saturated rings. The summed E-state index contributed by atoms with van der Waals surface area (Å²) in [5.41, 5.74) is 1.12. The molecule has 7 nitrogen and oxygen atoms in total. The molecule has 0 aliphatic carbocycles. The van der Waals surface area contributed by atoms with E-state index in [0.29, 0.717) is 11.5 Å². The number of carbonyl (C=O) groups is 2. The van der Waals surface area contributed by atoms with Gasteiger partial charge in [-0.05, 0) is 30.7 Å². The highest BCUT2D eigenvalue weighted by atomic mass is 16.5. The summed E-state index contributed by atoms with van der Waals surface area (Å²) in [5.74, 6) is -0.550. The highest BCUT2D eigenvalue weighted by molar-refractivity contribution is 5.99. The number of hydrogen-bond acceptors (Lipinski definition) is 6. The molecule has 2 rings (SSSR count). The standard InChI is InChI=1S/C20H23NO6/c1-13(22)18(20(24)26-3)21-19(23)16-11-15(25-2)9-10-17(16)27-12-14-7-5-4-6-8-14/h4-11,13,18,22H,12H2,1-3H3,(H,21,23)/t13-,18+/m1/s1. The number of ether oxygens (including phenoxy) is 3. The summed E-state index contributed by atoms with van der Waals surface area (Å²) in [6.45, 7) is 1.66. The molecule has 0 heterocycles. The molecular formula is C20H23NO6. The summed E-state index contributed by atoms with van der Waals surface area (Å²) < 4.78 is 15.6. The number of amides is 1. The number of nitrogens with one attached hydrogen (secondary N) is 1. The van der Waals surface area contributed by atoms with Gasteiger partial charge in [-0.2, -0.15) is 0 Å². The number of rotatable bonds is 8. The van der Waals surface area contributed by atoms with Crippen molar-refractivity contribution < 1.29 is 28.9 Å². The van der Waals surface area contributed by atoms with Crippen molar-refractivity contribution >= 4 is 11.9 Å². The maximum atomic E-state index is 12.7. The molecule has 0 spiro atoms. The Kier molecular flexibility index (Phi) is 7.19. The SMILES string of the molecule is COC(=O)[C@@H](NC(=O)c1cc(OC)ccc1OCc1ccccc1)[C@@H](C)O. The van der Waals surface area contributed by atoms with Crippen LogP contribution in [0.4, 0.5) is 0 Å². The summed E-state index contributed by atoms with van der Waals surface area (Å²) in [5, 5.41) is 12.2. The minimum absolute atomic E-state index is 0.180. The smallest absolute Gasteiger partial charge is 0.331 e. The van der Waals surface area contributed by atoms with Gasteiger partial charge in [0.15, 0.2) is 6.04 Å². The summed E-state index contributed by atoms with van der Waals surface area (Å²) >= 11 is 0. The summed E-state index contributed by atoms with van der Waals surface area (Å²) in [6, 6.07) is 13.1. The van der Waals surface area contributed by atoms with E-state index in [9.17, 15) is 14.7 Å². The van der Waals surface area contributed by atoms with Crippen molar-refractivity contribution in [3.05, 3.63) is 59.7 Å². The second-order valence-corrected chi connectivity index (χ2v) is 5.85. The minimum Gasteiger partial charge on any atom is -0.497 e. The lowest BCUT2D eigenvalue weighted by atomic mass is 10.1. The molecule has 2 N–H and O–H groups in total. The van der Waals surface area contributed by atoms with Gasteiger partial charge < -0.3 is 24.6 Å². The molecule has 0 radical (unpaired) electrons. The van der Waals surface area contributed by atoms with Crippen LogP contribution in [0.2, 0.25) is 0 Å². The highest BCUT2D eigenvalue weighted by Gasteiger charge is 2.28. The fourth-order valence-electron chi connectivity index (χ4n) is 2.40. The molecule has 2 aromatic rings. The van der Waals surface area contributed by atoms with Gasteiger partial charge in [-0.3, -0.25) is 4.79 Å². The van der Waals surface area contributed by atoms with Crippen molar-refractivity contribution in [2.75, 3.05) is 14.2 Å². The molecule has 0 saturated carbocycles. The predicted molar refractivity (Wildman–Crippen MR) is 98.7 cm³/mol. The summed E-state index contributed by atoms with van der Waals surface area (Å²) in [6.07, 6.45) is -1.12. The molecule has 0 aromatic heterocycles. The third kappa shape index (κ3) is 5.46. The minimum atomic E-state index is -1.20. The zero-order valence-corrected chi connectivity index (χ0v) is 15.5. The van der Waals surface area contributed by atoms with Gasteiger partial charge in [0, 0.05) is 0 Å². The topological polar surface area (TPSA) is 94.1 Å². The van der Waals surface area contributed by atoms with Crippen molar-refractivity contribution in [1.82, 2.24) is 5.32 Å². The Morgan fingerprint density at radius 3 is 2.41 bits per heavy atom. The van der Waals surface area contributed by atoms with Crippen molar-refractivity contribution in [3.8, 4) is 11.5 Å². The van der Waals surface area contributed by atoms with Crippen molar-refractivity contribution in [2.24, 2.45) is 0 Å². The number of methoxy groups -OCH3 is 2. The number of benzene rings is 2. The first-order valence-corrected chi connectivity index (χ1v) is 8.37. The number of aliphatic hydroxyl groups excluding tert-OH is 1. The van der Waals surface area contributed by atoms with E-state index in [1.54, 1.807) is 12.1 Å². The molecule has 144 valence electrons. The van der Waals surface area contributed by atoms with Crippen molar-refractivity contribution in [3.63, 3.8) is 0 Å². The van der Waals surface area contributed by atoms with E-state index in [-0.39, 0.29) is 12.2 Å². The van der Waals surface area contributed by atoms with E-state index < -0.39 is 24.0 Å². The Balaban J connectivity index is 2.24. The van der Waals surface area contributed by atoms with Crippen LogP contribution >= 0.6 is 0 Å². The lowest BCUT2D eigenvalue weighted by molar-refractivity contribution is -0.145. The fraction of sp³-hybridized carbons (Fsp3) is 0.300. The molecular weight excluding hydrogens is 350 g/mol. The molecule has 1 amide bonds. The van der Waals surface area contributed by atoms with Gasteiger partial charge in [-0.15, -0.1) is 0 Å². The maximum Gasteiger partial charge on any atom is 0.331 e. The normalized spacial score (nSPS) is 12.6. The fourth-order valence-corrected chi connectivity index (χ4v) is 2.40. The highest BCUT2D eigenvalue weighted by Crippen LogP contribution is 2.25. The quantitative estimate of drug-likeness (QED) is 0.687. The summed E-state index contributed by atoms with van der Waals surface area (Å²) in [7, 11) is 2.67. The van der Waals surface area contributed by atoms with E-state index in [1.807, 2.05) is 30.3 Å². The van der Waals surface area contributed by atoms with E-state index >= 15 is 0 Å². The Morgan fingerprint density at radius 2 is 1.81 bits per heavy atom. The molecule has 2 aromatic carbocycles. The molecule has 0 aliphatic rings. The van der Waals surface area contributed by atoms with E-state index in [0.717, 1.165) is 5.56 Å². The third-order valence-electron chi connectivity index (χ3n) is 3.89. The number of carbonyl (C=O) groups excluding carboxylic acids is 2. The maximum absolute atomic E-state index is 12.7. The first-order valence-electron chi connectivity index (χ1n) is 8.37. The van der Waals surface area contributed by atoms with Crippen LogP contribution in [0.1, 0.15) is 22.8 Å². The van der Waals surface area contributed by atoms with Crippen LogP contribution in [0.5, 0.6) is 11.5 Å². The predicted octanol–water partition coefficient (Wildman–Crippen LogP) is 1.93. The van der Waals surface area contributed by atoms with Crippen molar-refractivity contribution in [2.45, 2.75) is 25.7 Å². The molecule has 0 unspecified atom stereocenters. The van der Waals surface area contributed by atoms with Crippen LogP contribution in [0, 0.1) is 0 Å². The zero-order chi connectivity index (χ0) is 19.8. The van der Waals surface area contributed by atoms with Gasteiger partial charge in [0.25, 0.3) is 5.91 Å². The molecule has 27 heavy (non-hydrogen) atoms. The van der Waals surface area contributed by atoms with Crippen LogP contribution in [-0.4, -0.2) is 43.3 Å². The number of aliphatic hydroxyl groups is 1. The zero-order valence-electron chi connectivity index (χ0n) is 15.5. The van der Waals surface area contributed by atoms with Gasteiger partial charge in [-0.25, -0.2) is 4.79 Å². The monoisotopic (exact) mass is 373 g/mol. The largest absolute Gasteiger partial charge is 0.497 e. The van der Waals surface area contributed by atoms with Gasteiger partial charge in [-0.1, -0.05) is 30.3 Å². The van der Waals surface area contributed by atoms with E-state index in [4.69, 9.17) is 9.47 Å². The Bertz CT molecular complexity index is 775. The molecule has 0 aliphatic heterocycles. The second-order valence-electron chi connectivity index (χ2n) is 5.85. The van der Waals surface area contributed by atoms with Crippen LogP contribution < -0.4 is 14.8 Å². The molecule has 7 heteroatoms. The van der Waals surface area contributed by atoms with Crippen LogP contribution in [0.15, 0.2) is 48.5 Å². The molecule has 2 atom stereocenters. The Labute approximate surface area is 157 Å². The van der Waals surface area contributed by atoms with Crippen LogP contribution in [0.3, 0.4) is 0 Å². The number of esters is 1. The van der Waals surface area contributed by atoms with Gasteiger partial charge in [0.2, 0.25) is 0 Å². The Hall–Kier alpha value is -3.06. The second kappa shape index (κ2) is 9.59. The molecule has 0 saturated heterocycles. The van der Waals surface area contributed by atoms with Crippen LogP contribution in [0.25, 0.3) is 0 Å².